The summed E-state index contributed by atoms with van der Waals surface area (Å²) in [4.78, 5) is 2.44. The predicted octanol–water partition coefficient (Wildman–Crippen LogP) is 2.04. The van der Waals surface area contributed by atoms with Crippen LogP contribution in [0.3, 0.4) is 0 Å². The molecule has 0 aliphatic carbocycles. The molecule has 1 aliphatic rings. The SMILES string of the molecule is Fc1ccc(CCN2CCNCC2)cc1Br. The molecular formula is C12H16BrFN2. The Hall–Kier alpha value is -0.450. The van der Waals surface area contributed by atoms with Gasteiger partial charge in [-0.2, -0.15) is 0 Å². The van der Waals surface area contributed by atoms with E-state index in [1.807, 2.05) is 12.1 Å². The average Bonchev–Trinajstić information content (AvgIpc) is 2.32. The van der Waals surface area contributed by atoms with Crippen molar-refractivity contribution in [3.63, 3.8) is 0 Å². The molecule has 88 valence electrons. The summed E-state index contributed by atoms with van der Waals surface area (Å²) in [7, 11) is 0. The topological polar surface area (TPSA) is 15.3 Å². The molecule has 1 aromatic rings. The molecule has 0 saturated carbocycles. The van der Waals surface area contributed by atoms with Crippen molar-refractivity contribution in [3.8, 4) is 0 Å². The van der Waals surface area contributed by atoms with Gasteiger partial charge < -0.3 is 10.2 Å². The molecule has 0 unspecified atom stereocenters. The lowest BCUT2D eigenvalue weighted by molar-refractivity contribution is 0.244. The maximum Gasteiger partial charge on any atom is 0.137 e. The van der Waals surface area contributed by atoms with Crippen molar-refractivity contribution in [1.82, 2.24) is 10.2 Å². The molecule has 1 N–H and O–H groups in total. The number of hydrogen-bond acceptors (Lipinski definition) is 2. The maximum atomic E-state index is 13.0. The van der Waals surface area contributed by atoms with Gasteiger partial charge in [-0.1, -0.05) is 6.07 Å². The molecule has 1 aromatic carbocycles. The Bertz CT molecular complexity index is 351. The van der Waals surface area contributed by atoms with E-state index in [2.05, 4.69) is 26.1 Å². The van der Waals surface area contributed by atoms with Gasteiger partial charge in [0, 0.05) is 32.7 Å². The lowest BCUT2D eigenvalue weighted by Crippen LogP contribution is -2.44. The fourth-order valence-electron chi connectivity index (χ4n) is 1.92. The summed E-state index contributed by atoms with van der Waals surface area (Å²) in [5.74, 6) is -0.189. The van der Waals surface area contributed by atoms with Crippen molar-refractivity contribution < 1.29 is 4.39 Å². The zero-order valence-electron chi connectivity index (χ0n) is 9.18. The molecule has 2 rings (SSSR count). The Kier molecular flexibility index (Phi) is 4.32. The van der Waals surface area contributed by atoms with E-state index in [4.69, 9.17) is 0 Å². The first-order chi connectivity index (χ1) is 7.75. The highest BCUT2D eigenvalue weighted by molar-refractivity contribution is 9.10. The lowest BCUT2D eigenvalue weighted by atomic mass is 10.1. The highest BCUT2D eigenvalue weighted by Crippen LogP contribution is 2.17. The summed E-state index contributed by atoms with van der Waals surface area (Å²) >= 11 is 3.21. The van der Waals surface area contributed by atoms with E-state index in [0.717, 1.165) is 39.1 Å². The number of rotatable bonds is 3. The third-order valence-corrected chi connectivity index (χ3v) is 3.52. The van der Waals surface area contributed by atoms with Gasteiger partial charge in [0.25, 0.3) is 0 Å². The van der Waals surface area contributed by atoms with E-state index in [9.17, 15) is 4.39 Å². The van der Waals surface area contributed by atoms with Crippen LogP contribution in [0.5, 0.6) is 0 Å². The molecule has 0 atom stereocenters. The van der Waals surface area contributed by atoms with E-state index in [1.54, 1.807) is 0 Å². The van der Waals surface area contributed by atoms with Gasteiger partial charge in [0.05, 0.1) is 4.47 Å². The van der Waals surface area contributed by atoms with Gasteiger partial charge in [0.2, 0.25) is 0 Å². The first kappa shape index (κ1) is 12.0. The minimum atomic E-state index is -0.189. The zero-order valence-corrected chi connectivity index (χ0v) is 10.8. The van der Waals surface area contributed by atoms with Crippen molar-refractivity contribution >= 4 is 15.9 Å². The molecule has 1 aliphatic heterocycles. The van der Waals surface area contributed by atoms with Crippen LogP contribution in [0.2, 0.25) is 0 Å². The number of hydrogen-bond donors (Lipinski definition) is 1. The standard InChI is InChI=1S/C12H16BrFN2/c13-11-9-10(1-2-12(11)14)3-6-16-7-4-15-5-8-16/h1-2,9,15H,3-8H2. The number of halogens is 2. The highest BCUT2D eigenvalue weighted by Gasteiger charge is 2.09. The zero-order chi connectivity index (χ0) is 11.4. The van der Waals surface area contributed by atoms with Crippen LogP contribution in [-0.2, 0) is 6.42 Å². The Labute approximate surface area is 104 Å². The summed E-state index contributed by atoms with van der Waals surface area (Å²) in [6, 6.07) is 5.26. The Morgan fingerprint density at radius 2 is 2.06 bits per heavy atom. The largest absolute Gasteiger partial charge is 0.314 e. The van der Waals surface area contributed by atoms with Crippen LogP contribution in [-0.4, -0.2) is 37.6 Å². The van der Waals surface area contributed by atoms with Gasteiger partial charge in [0.15, 0.2) is 0 Å². The smallest absolute Gasteiger partial charge is 0.137 e. The summed E-state index contributed by atoms with van der Waals surface area (Å²) < 4.78 is 13.6. The third-order valence-electron chi connectivity index (χ3n) is 2.91. The summed E-state index contributed by atoms with van der Waals surface area (Å²) in [5, 5.41) is 3.33. The maximum absolute atomic E-state index is 13.0. The average molecular weight is 287 g/mol. The summed E-state index contributed by atoms with van der Waals surface area (Å²) in [6.07, 6.45) is 0.985. The lowest BCUT2D eigenvalue weighted by Gasteiger charge is -2.27. The number of nitrogens with one attached hydrogen (secondary N) is 1. The normalized spacial score (nSPS) is 17.6. The Morgan fingerprint density at radius 3 is 2.75 bits per heavy atom. The van der Waals surface area contributed by atoms with Crippen LogP contribution >= 0.6 is 15.9 Å². The second-order valence-electron chi connectivity index (χ2n) is 4.09. The minimum Gasteiger partial charge on any atom is -0.314 e. The van der Waals surface area contributed by atoms with E-state index in [-0.39, 0.29) is 5.82 Å². The molecule has 1 fully saturated rings. The van der Waals surface area contributed by atoms with E-state index in [0.29, 0.717) is 4.47 Å². The molecule has 16 heavy (non-hydrogen) atoms. The highest BCUT2D eigenvalue weighted by atomic mass is 79.9. The number of nitrogens with zero attached hydrogens (tertiary/aromatic N) is 1. The van der Waals surface area contributed by atoms with Crippen molar-refractivity contribution in [3.05, 3.63) is 34.1 Å². The molecule has 1 heterocycles. The van der Waals surface area contributed by atoms with E-state index >= 15 is 0 Å². The van der Waals surface area contributed by atoms with Gasteiger partial charge in [-0.15, -0.1) is 0 Å². The van der Waals surface area contributed by atoms with Gasteiger partial charge in [-0.3, -0.25) is 0 Å². The van der Waals surface area contributed by atoms with Gasteiger partial charge in [-0.05, 0) is 40.0 Å². The van der Waals surface area contributed by atoms with Crippen LogP contribution in [0.25, 0.3) is 0 Å². The van der Waals surface area contributed by atoms with Crippen LogP contribution in [0.4, 0.5) is 4.39 Å². The van der Waals surface area contributed by atoms with Crippen LogP contribution in [0.1, 0.15) is 5.56 Å². The van der Waals surface area contributed by atoms with Crippen LogP contribution < -0.4 is 5.32 Å². The van der Waals surface area contributed by atoms with Crippen LogP contribution in [0.15, 0.2) is 22.7 Å². The van der Waals surface area contributed by atoms with Gasteiger partial charge in [-0.25, -0.2) is 4.39 Å². The number of piperazine rings is 1. The predicted molar refractivity (Wildman–Crippen MR) is 67.1 cm³/mol. The van der Waals surface area contributed by atoms with Gasteiger partial charge >= 0.3 is 0 Å². The second-order valence-corrected chi connectivity index (χ2v) is 4.94. The molecular weight excluding hydrogens is 271 g/mol. The Morgan fingerprint density at radius 1 is 1.31 bits per heavy atom. The molecule has 1 saturated heterocycles. The first-order valence-electron chi connectivity index (χ1n) is 5.63. The van der Waals surface area contributed by atoms with Crippen molar-refractivity contribution in [1.29, 1.82) is 0 Å². The summed E-state index contributed by atoms with van der Waals surface area (Å²) in [5.41, 5.74) is 1.19. The van der Waals surface area contributed by atoms with Crippen molar-refractivity contribution in [2.75, 3.05) is 32.7 Å². The van der Waals surface area contributed by atoms with Crippen molar-refractivity contribution in [2.24, 2.45) is 0 Å². The van der Waals surface area contributed by atoms with E-state index < -0.39 is 0 Å². The molecule has 0 aromatic heterocycles. The first-order valence-corrected chi connectivity index (χ1v) is 6.42. The fraction of sp³-hybridized carbons (Fsp3) is 0.500. The quantitative estimate of drug-likeness (QED) is 0.915. The van der Waals surface area contributed by atoms with Gasteiger partial charge in [0.1, 0.15) is 5.82 Å². The molecule has 2 nitrogen and oxygen atoms in total. The van der Waals surface area contributed by atoms with Crippen molar-refractivity contribution in [2.45, 2.75) is 6.42 Å². The fourth-order valence-corrected chi connectivity index (χ4v) is 2.34. The summed E-state index contributed by atoms with van der Waals surface area (Å²) in [6.45, 7) is 5.44. The molecule has 0 spiro atoms. The third kappa shape index (κ3) is 3.27. The second kappa shape index (κ2) is 5.75. The molecule has 0 radical (unpaired) electrons. The molecule has 0 bridgehead atoms. The van der Waals surface area contributed by atoms with Crippen LogP contribution in [0, 0.1) is 5.82 Å². The van der Waals surface area contributed by atoms with E-state index in [1.165, 1.54) is 11.6 Å². The molecule has 4 heteroatoms. The minimum absolute atomic E-state index is 0.189. The molecule has 0 amide bonds. The number of benzene rings is 1. The monoisotopic (exact) mass is 286 g/mol. The Balaban J connectivity index is 1.86.